The van der Waals surface area contributed by atoms with Crippen molar-refractivity contribution >= 4 is 50.2 Å². The molecule has 3 nitrogen and oxygen atoms in total. The van der Waals surface area contributed by atoms with Crippen LogP contribution in [0.3, 0.4) is 0 Å². The van der Waals surface area contributed by atoms with E-state index in [4.69, 9.17) is 0 Å². The Kier molecular flexibility index (Phi) is 5.10. The van der Waals surface area contributed by atoms with E-state index in [1.165, 1.54) is 13.2 Å². The molecule has 1 rings (SSSR count). The first kappa shape index (κ1) is 12.5. The van der Waals surface area contributed by atoms with E-state index in [2.05, 4.69) is 48.6 Å². The predicted octanol–water partition coefficient (Wildman–Crippen LogP) is 3.15. The number of esters is 1. The molecule has 0 saturated heterocycles. The number of halogens is 2. The Hall–Kier alpha value is -0.560. The lowest BCUT2D eigenvalue weighted by atomic mass is 10.3. The second-order valence-corrected chi connectivity index (χ2v) is 4.70. The molecular weight excluding hydrogens is 373 g/mol. The lowest BCUT2D eigenvalue weighted by Crippen LogP contribution is -1.97. The van der Waals surface area contributed by atoms with Gasteiger partial charge in [-0.25, -0.2) is 4.79 Å². The maximum absolute atomic E-state index is 10.8. The van der Waals surface area contributed by atoms with Crippen molar-refractivity contribution in [2.45, 2.75) is 0 Å². The number of benzene rings is 1. The van der Waals surface area contributed by atoms with Crippen LogP contribution >= 0.6 is 38.5 Å². The van der Waals surface area contributed by atoms with Crippen LogP contribution in [-0.2, 0) is 9.53 Å². The molecule has 0 radical (unpaired) electrons. The fourth-order valence-corrected chi connectivity index (χ4v) is 1.73. The standard InChI is InChI=1S/C10H9BrINO2/c1-15-10(14)4-5-13-9-6-7(11)2-3-8(9)12/h2-6,13H,1H3/b5-4+. The summed E-state index contributed by atoms with van der Waals surface area (Å²) < 4.78 is 6.52. The number of carbonyl (C=O) groups is 1. The molecule has 15 heavy (non-hydrogen) atoms. The van der Waals surface area contributed by atoms with Gasteiger partial charge in [0.2, 0.25) is 0 Å². The summed E-state index contributed by atoms with van der Waals surface area (Å²) in [6.45, 7) is 0. The molecule has 0 amide bonds. The van der Waals surface area contributed by atoms with Crippen molar-refractivity contribution in [1.29, 1.82) is 0 Å². The minimum atomic E-state index is -0.382. The average Bonchev–Trinajstić information content (AvgIpc) is 2.23. The number of hydrogen-bond acceptors (Lipinski definition) is 3. The number of hydrogen-bond donors (Lipinski definition) is 1. The van der Waals surface area contributed by atoms with Gasteiger partial charge in [0.15, 0.2) is 0 Å². The Labute approximate surface area is 110 Å². The van der Waals surface area contributed by atoms with E-state index in [-0.39, 0.29) is 5.97 Å². The monoisotopic (exact) mass is 381 g/mol. The topological polar surface area (TPSA) is 38.3 Å². The SMILES string of the molecule is COC(=O)/C=C/Nc1cc(Br)ccc1I. The Bertz CT molecular complexity index is 393. The van der Waals surface area contributed by atoms with E-state index in [9.17, 15) is 4.79 Å². The Balaban J connectivity index is 2.68. The van der Waals surface area contributed by atoms with Crippen LogP contribution in [0.4, 0.5) is 5.69 Å². The summed E-state index contributed by atoms with van der Waals surface area (Å²) in [5.41, 5.74) is 0.935. The third kappa shape index (κ3) is 4.21. The number of anilines is 1. The van der Waals surface area contributed by atoms with E-state index in [1.807, 2.05) is 18.2 Å². The van der Waals surface area contributed by atoms with Crippen LogP contribution in [0.25, 0.3) is 0 Å². The quantitative estimate of drug-likeness (QED) is 0.496. The number of carbonyl (C=O) groups excluding carboxylic acids is 1. The van der Waals surface area contributed by atoms with Crippen molar-refractivity contribution in [3.63, 3.8) is 0 Å². The summed E-state index contributed by atoms with van der Waals surface area (Å²) in [5, 5.41) is 3.00. The summed E-state index contributed by atoms with van der Waals surface area (Å²) in [6, 6.07) is 5.86. The van der Waals surface area contributed by atoms with Crippen molar-refractivity contribution in [2.24, 2.45) is 0 Å². The third-order valence-corrected chi connectivity index (χ3v) is 3.02. The molecular formula is C10H9BrINO2. The Morgan fingerprint density at radius 2 is 2.33 bits per heavy atom. The van der Waals surface area contributed by atoms with Gasteiger partial charge >= 0.3 is 5.97 Å². The molecule has 0 spiro atoms. The zero-order chi connectivity index (χ0) is 11.3. The van der Waals surface area contributed by atoms with Crippen molar-refractivity contribution in [3.05, 3.63) is 38.5 Å². The van der Waals surface area contributed by atoms with Crippen LogP contribution in [0.1, 0.15) is 0 Å². The van der Waals surface area contributed by atoms with Crippen LogP contribution in [0.5, 0.6) is 0 Å². The second-order valence-electron chi connectivity index (χ2n) is 2.62. The summed E-state index contributed by atoms with van der Waals surface area (Å²) in [4.78, 5) is 10.8. The molecule has 0 aliphatic rings. The van der Waals surface area contributed by atoms with Crippen molar-refractivity contribution in [2.75, 3.05) is 12.4 Å². The molecule has 0 saturated carbocycles. The van der Waals surface area contributed by atoms with Gasteiger partial charge in [-0.15, -0.1) is 0 Å². The molecule has 1 aromatic carbocycles. The van der Waals surface area contributed by atoms with Gasteiger partial charge in [0.1, 0.15) is 0 Å². The van der Waals surface area contributed by atoms with Crippen LogP contribution in [0, 0.1) is 3.57 Å². The zero-order valence-electron chi connectivity index (χ0n) is 7.96. The van der Waals surface area contributed by atoms with Gasteiger partial charge < -0.3 is 10.1 Å². The smallest absolute Gasteiger partial charge is 0.331 e. The Morgan fingerprint density at radius 1 is 1.60 bits per heavy atom. The van der Waals surface area contributed by atoms with Gasteiger partial charge in [-0.2, -0.15) is 0 Å². The van der Waals surface area contributed by atoms with Gasteiger partial charge in [0.05, 0.1) is 12.8 Å². The maximum Gasteiger partial charge on any atom is 0.331 e. The number of methoxy groups -OCH3 is 1. The third-order valence-electron chi connectivity index (χ3n) is 1.59. The highest BCUT2D eigenvalue weighted by molar-refractivity contribution is 14.1. The highest BCUT2D eigenvalue weighted by atomic mass is 127. The van der Waals surface area contributed by atoms with Crippen molar-refractivity contribution in [3.8, 4) is 0 Å². The van der Waals surface area contributed by atoms with E-state index >= 15 is 0 Å². The molecule has 0 aromatic heterocycles. The molecule has 0 atom stereocenters. The normalized spacial score (nSPS) is 10.3. The van der Waals surface area contributed by atoms with Crippen LogP contribution in [-0.4, -0.2) is 13.1 Å². The molecule has 0 unspecified atom stereocenters. The minimum Gasteiger partial charge on any atom is -0.466 e. The van der Waals surface area contributed by atoms with E-state index < -0.39 is 0 Å². The number of rotatable bonds is 3. The lowest BCUT2D eigenvalue weighted by molar-refractivity contribution is -0.134. The van der Waals surface area contributed by atoms with Crippen LogP contribution in [0.2, 0.25) is 0 Å². The number of nitrogens with one attached hydrogen (secondary N) is 1. The van der Waals surface area contributed by atoms with Crippen LogP contribution in [0.15, 0.2) is 34.9 Å². The van der Waals surface area contributed by atoms with Gasteiger partial charge in [-0.1, -0.05) is 15.9 Å². The molecule has 0 aliphatic carbocycles. The molecule has 80 valence electrons. The maximum atomic E-state index is 10.8. The number of ether oxygens (including phenoxy) is 1. The first-order chi connectivity index (χ1) is 7.13. The average molecular weight is 382 g/mol. The van der Waals surface area contributed by atoms with Crippen molar-refractivity contribution in [1.82, 2.24) is 0 Å². The fraction of sp³-hybridized carbons (Fsp3) is 0.100. The molecule has 0 bridgehead atoms. The van der Waals surface area contributed by atoms with Gasteiger partial charge in [-0.3, -0.25) is 0 Å². The molecule has 1 aromatic rings. The Morgan fingerprint density at radius 3 is 3.00 bits per heavy atom. The van der Waals surface area contributed by atoms with Gasteiger partial charge in [0, 0.05) is 20.3 Å². The largest absolute Gasteiger partial charge is 0.466 e. The lowest BCUT2D eigenvalue weighted by Gasteiger charge is -2.04. The van der Waals surface area contributed by atoms with Crippen molar-refractivity contribution < 1.29 is 9.53 Å². The summed E-state index contributed by atoms with van der Waals surface area (Å²) >= 11 is 5.58. The summed E-state index contributed by atoms with van der Waals surface area (Å²) in [6.07, 6.45) is 2.88. The zero-order valence-corrected chi connectivity index (χ0v) is 11.7. The predicted molar refractivity (Wildman–Crippen MR) is 71.6 cm³/mol. The van der Waals surface area contributed by atoms with Gasteiger partial charge in [-0.05, 0) is 40.8 Å². The van der Waals surface area contributed by atoms with Gasteiger partial charge in [0.25, 0.3) is 0 Å². The first-order valence-corrected chi connectivity index (χ1v) is 5.96. The summed E-state index contributed by atoms with van der Waals surface area (Å²) in [5.74, 6) is -0.382. The molecule has 0 heterocycles. The molecule has 5 heteroatoms. The first-order valence-electron chi connectivity index (χ1n) is 4.09. The highest BCUT2D eigenvalue weighted by Crippen LogP contribution is 2.22. The highest BCUT2D eigenvalue weighted by Gasteiger charge is 1.98. The molecule has 0 aliphatic heterocycles. The fourth-order valence-electron chi connectivity index (χ4n) is 0.876. The van der Waals surface area contributed by atoms with E-state index in [0.29, 0.717) is 0 Å². The molecule has 1 N–H and O–H groups in total. The second kappa shape index (κ2) is 6.12. The van der Waals surface area contributed by atoms with Crippen LogP contribution < -0.4 is 5.32 Å². The molecule has 0 fully saturated rings. The van der Waals surface area contributed by atoms with E-state index in [0.717, 1.165) is 13.7 Å². The van der Waals surface area contributed by atoms with E-state index in [1.54, 1.807) is 6.20 Å². The minimum absolute atomic E-state index is 0.382. The summed E-state index contributed by atoms with van der Waals surface area (Å²) in [7, 11) is 1.34.